The summed E-state index contributed by atoms with van der Waals surface area (Å²) < 4.78 is 36.8. The molecule has 2 aliphatic rings. The van der Waals surface area contributed by atoms with Crippen molar-refractivity contribution in [2.24, 2.45) is 5.92 Å². The van der Waals surface area contributed by atoms with Gasteiger partial charge in [0.25, 0.3) is 0 Å². The summed E-state index contributed by atoms with van der Waals surface area (Å²) in [6.45, 7) is 4.10. The van der Waals surface area contributed by atoms with Gasteiger partial charge in [0.05, 0.1) is 18.1 Å². The summed E-state index contributed by atoms with van der Waals surface area (Å²) >= 11 is 0. The number of fused-ring (bicyclic) bond motifs is 1. The van der Waals surface area contributed by atoms with Gasteiger partial charge >= 0.3 is 0 Å². The van der Waals surface area contributed by atoms with Gasteiger partial charge in [0.2, 0.25) is 0 Å². The first-order valence-corrected chi connectivity index (χ1v) is 11.5. The van der Waals surface area contributed by atoms with Gasteiger partial charge in [-0.05, 0) is 43.2 Å². The average molecular weight is 402 g/mol. The van der Waals surface area contributed by atoms with Crippen LogP contribution < -0.4 is 9.47 Å². The summed E-state index contributed by atoms with van der Waals surface area (Å²) in [7, 11) is -1.42. The fraction of sp³-hybridized carbons (Fsp3) is 0.455. The summed E-state index contributed by atoms with van der Waals surface area (Å²) in [5.74, 6) is 1.87. The smallest absolute Gasteiger partial charge is 0.155 e. The molecule has 2 saturated heterocycles. The Morgan fingerprint density at radius 2 is 1.68 bits per heavy atom. The van der Waals surface area contributed by atoms with E-state index in [2.05, 4.69) is 4.90 Å². The van der Waals surface area contributed by atoms with Gasteiger partial charge in [0.1, 0.15) is 17.6 Å². The molecule has 0 N–H and O–H groups in total. The summed E-state index contributed by atoms with van der Waals surface area (Å²) in [4.78, 5) is 2.24. The molecule has 0 radical (unpaired) electrons. The number of aryl methyl sites for hydroxylation is 1. The standard InChI is InChI=1S/C22H27NO4S/c1-16-3-7-19(8-4-16)27-21-11-12-28(24,25)22-15-23(14-20(21)22)13-17-5-9-18(26-2)10-6-17/h3-10,20-22H,11-15H2,1-2H3. The molecule has 3 atom stereocenters. The van der Waals surface area contributed by atoms with Crippen LogP contribution >= 0.6 is 0 Å². The predicted octanol–water partition coefficient (Wildman–Crippen LogP) is 3.07. The molecule has 0 aliphatic carbocycles. The molecular formula is C22H27NO4S. The van der Waals surface area contributed by atoms with Gasteiger partial charge in [0.15, 0.2) is 9.84 Å². The number of methoxy groups -OCH3 is 1. The molecule has 2 heterocycles. The zero-order valence-electron chi connectivity index (χ0n) is 16.4. The topological polar surface area (TPSA) is 55.8 Å². The summed E-state index contributed by atoms with van der Waals surface area (Å²) in [6.07, 6.45) is 0.505. The Morgan fingerprint density at radius 1 is 1.00 bits per heavy atom. The third-order valence-corrected chi connectivity index (χ3v) is 8.11. The van der Waals surface area contributed by atoms with Crippen LogP contribution in [0.15, 0.2) is 48.5 Å². The Kier molecular flexibility index (Phi) is 5.34. The van der Waals surface area contributed by atoms with Crippen molar-refractivity contribution in [2.45, 2.75) is 31.2 Å². The van der Waals surface area contributed by atoms with Gasteiger partial charge in [-0.2, -0.15) is 0 Å². The summed E-state index contributed by atoms with van der Waals surface area (Å²) in [5, 5.41) is -0.338. The minimum atomic E-state index is -3.07. The van der Waals surface area contributed by atoms with Crippen LogP contribution in [0.4, 0.5) is 0 Å². The highest BCUT2D eigenvalue weighted by Crippen LogP contribution is 2.36. The van der Waals surface area contributed by atoms with Crippen LogP contribution in [-0.4, -0.2) is 50.6 Å². The number of benzene rings is 2. The van der Waals surface area contributed by atoms with E-state index in [1.807, 2.05) is 55.5 Å². The van der Waals surface area contributed by atoms with Gasteiger partial charge in [-0.15, -0.1) is 0 Å². The molecular weight excluding hydrogens is 374 g/mol. The monoisotopic (exact) mass is 401 g/mol. The van der Waals surface area contributed by atoms with E-state index in [1.54, 1.807) is 7.11 Å². The van der Waals surface area contributed by atoms with Crippen LogP contribution in [0.5, 0.6) is 11.5 Å². The van der Waals surface area contributed by atoms with Crippen molar-refractivity contribution in [3.05, 3.63) is 59.7 Å². The van der Waals surface area contributed by atoms with Crippen molar-refractivity contribution in [1.82, 2.24) is 4.90 Å². The molecule has 0 spiro atoms. The molecule has 6 heteroatoms. The lowest BCUT2D eigenvalue weighted by molar-refractivity contribution is 0.126. The molecule has 0 amide bonds. The van der Waals surface area contributed by atoms with E-state index in [0.29, 0.717) is 13.0 Å². The van der Waals surface area contributed by atoms with E-state index in [4.69, 9.17) is 9.47 Å². The second kappa shape index (κ2) is 7.76. The number of sulfone groups is 1. The molecule has 2 aromatic carbocycles. The zero-order valence-corrected chi connectivity index (χ0v) is 17.2. The van der Waals surface area contributed by atoms with Crippen LogP contribution in [0.2, 0.25) is 0 Å². The molecule has 0 aromatic heterocycles. The number of rotatable bonds is 5. The number of ether oxygens (including phenoxy) is 2. The van der Waals surface area contributed by atoms with Gasteiger partial charge in [-0.25, -0.2) is 8.42 Å². The predicted molar refractivity (Wildman–Crippen MR) is 110 cm³/mol. The maximum absolute atomic E-state index is 12.7. The fourth-order valence-corrected chi connectivity index (χ4v) is 6.41. The second-order valence-electron chi connectivity index (χ2n) is 7.87. The molecule has 0 bridgehead atoms. The fourth-order valence-electron chi connectivity index (χ4n) is 4.32. The van der Waals surface area contributed by atoms with Gasteiger partial charge in [0, 0.05) is 25.6 Å². The van der Waals surface area contributed by atoms with Crippen LogP contribution in [-0.2, 0) is 16.4 Å². The van der Waals surface area contributed by atoms with Crippen LogP contribution in [0.3, 0.4) is 0 Å². The van der Waals surface area contributed by atoms with E-state index in [-0.39, 0.29) is 23.0 Å². The van der Waals surface area contributed by atoms with Crippen molar-refractivity contribution in [1.29, 1.82) is 0 Å². The van der Waals surface area contributed by atoms with Crippen molar-refractivity contribution in [2.75, 3.05) is 26.0 Å². The van der Waals surface area contributed by atoms with Crippen molar-refractivity contribution >= 4 is 9.84 Å². The maximum atomic E-state index is 12.7. The largest absolute Gasteiger partial charge is 0.497 e. The minimum Gasteiger partial charge on any atom is -0.497 e. The third-order valence-electron chi connectivity index (χ3n) is 5.88. The lowest BCUT2D eigenvalue weighted by atomic mass is 9.98. The van der Waals surface area contributed by atoms with Crippen molar-refractivity contribution < 1.29 is 17.9 Å². The first kappa shape index (κ1) is 19.3. The number of hydrogen-bond acceptors (Lipinski definition) is 5. The minimum absolute atomic E-state index is 0.0123. The number of nitrogens with zero attached hydrogens (tertiary/aromatic N) is 1. The van der Waals surface area contributed by atoms with Gasteiger partial charge < -0.3 is 9.47 Å². The molecule has 150 valence electrons. The summed E-state index contributed by atoms with van der Waals surface area (Å²) in [6, 6.07) is 15.9. The van der Waals surface area contributed by atoms with Crippen LogP contribution in [0, 0.1) is 12.8 Å². The van der Waals surface area contributed by atoms with Crippen molar-refractivity contribution in [3.63, 3.8) is 0 Å². The highest BCUT2D eigenvalue weighted by atomic mass is 32.2. The Morgan fingerprint density at radius 3 is 2.36 bits per heavy atom. The SMILES string of the molecule is COc1ccc(CN2CC3C(Oc4ccc(C)cc4)CCS(=O)(=O)C3C2)cc1. The van der Waals surface area contributed by atoms with E-state index in [1.165, 1.54) is 5.56 Å². The van der Waals surface area contributed by atoms with Gasteiger partial charge in [-0.1, -0.05) is 29.8 Å². The van der Waals surface area contributed by atoms with E-state index in [0.717, 1.165) is 30.2 Å². The molecule has 2 aliphatic heterocycles. The zero-order chi connectivity index (χ0) is 19.7. The Balaban J connectivity index is 1.48. The van der Waals surface area contributed by atoms with Crippen LogP contribution in [0.1, 0.15) is 17.5 Å². The highest BCUT2D eigenvalue weighted by Gasteiger charge is 2.49. The summed E-state index contributed by atoms with van der Waals surface area (Å²) in [5.41, 5.74) is 2.34. The molecule has 3 unspecified atom stereocenters. The molecule has 4 rings (SSSR count). The Labute approximate surface area is 167 Å². The lowest BCUT2D eigenvalue weighted by Gasteiger charge is -2.33. The first-order valence-electron chi connectivity index (χ1n) is 9.75. The normalized spacial score (nSPS) is 26.6. The van der Waals surface area contributed by atoms with E-state index in [9.17, 15) is 8.42 Å². The third kappa shape index (κ3) is 4.03. The molecule has 0 saturated carbocycles. The highest BCUT2D eigenvalue weighted by molar-refractivity contribution is 7.92. The maximum Gasteiger partial charge on any atom is 0.155 e. The van der Waals surface area contributed by atoms with E-state index < -0.39 is 9.84 Å². The molecule has 5 nitrogen and oxygen atoms in total. The first-order chi connectivity index (χ1) is 13.4. The Bertz CT molecular complexity index is 909. The number of hydrogen-bond donors (Lipinski definition) is 0. The molecule has 2 aromatic rings. The van der Waals surface area contributed by atoms with Crippen LogP contribution in [0.25, 0.3) is 0 Å². The average Bonchev–Trinajstić information content (AvgIpc) is 3.12. The van der Waals surface area contributed by atoms with E-state index >= 15 is 0 Å². The quantitative estimate of drug-likeness (QED) is 0.771. The molecule has 2 fully saturated rings. The second-order valence-corrected chi connectivity index (χ2v) is 10.2. The lowest BCUT2D eigenvalue weighted by Crippen LogP contribution is -2.46. The van der Waals surface area contributed by atoms with Gasteiger partial charge in [-0.3, -0.25) is 4.90 Å². The number of likely N-dealkylation sites (tertiary alicyclic amines) is 1. The Hall–Kier alpha value is -2.05. The van der Waals surface area contributed by atoms with Crippen molar-refractivity contribution in [3.8, 4) is 11.5 Å². The molecule has 28 heavy (non-hydrogen) atoms.